The maximum atomic E-state index is 12.3. The Labute approximate surface area is 177 Å². The highest BCUT2D eigenvalue weighted by Gasteiger charge is 2.29. The molecule has 1 N–H and O–H groups in total. The van der Waals surface area contributed by atoms with Crippen LogP contribution in [0.3, 0.4) is 0 Å². The monoisotopic (exact) mass is 436 g/mol. The van der Waals surface area contributed by atoms with Gasteiger partial charge >= 0.3 is 6.18 Å². The quantitative estimate of drug-likeness (QED) is 0.669. The summed E-state index contributed by atoms with van der Waals surface area (Å²) >= 11 is 0. The van der Waals surface area contributed by atoms with Crippen molar-refractivity contribution < 1.29 is 32.2 Å². The summed E-state index contributed by atoms with van der Waals surface area (Å²) in [6.07, 6.45) is -2.56. The molecule has 1 saturated heterocycles. The van der Waals surface area contributed by atoms with Gasteiger partial charge in [-0.2, -0.15) is 13.2 Å². The van der Waals surface area contributed by atoms with Crippen LogP contribution in [0.4, 0.5) is 24.5 Å². The first-order valence-electron chi connectivity index (χ1n) is 9.82. The number of methoxy groups -OCH3 is 1. The number of hydrogen-bond acceptors (Lipinski definition) is 4. The van der Waals surface area contributed by atoms with E-state index in [-0.39, 0.29) is 29.7 Å². The lowest BCUT2D eigenvalue weighted by atomic mass is 10.1. The third kappa shape index (κ3) is 6.37. The third-order valence-electron chi connectivity index (χ3n) is 4.78. The minimum Gasteiger partial charge on any atom is -0.493 e. The summed E-state index contributed by atoms with van der Waals surface area (Å²) in [7, 11) is 1.34. The Bertz CT molecular complexity index is 947. The maximum Gasteiger partial charge on any atom is 0.422 e. The number of carbonyl (C=O) groups excluding carboxylic acids is 2. The second-order valence-corrected chi connectivity index (χ2v) is 7.14. The molecular weight excluding hydrogens is 413 g/mol. The SMILES string of the molecule is COc1cc(CCC(=O)Nc2cccc(N3CCCC3=O)c2)ccc1OCC(F)(F)F. The molecule has 166 valence electrons. The van der Waals surface area contributed by atoms with Crippen LogP contribution in [-0.2, 0) is 16.0 Å². The number of nitrogens with zero attached hydrogens (tertiary/aromatic N) is 1. The van der Waals surface area contributed by atoms with Gasteiger partial charge in [0, 0.05) is 30.8 Å². The minimum atomic E-state index is -4.44. The number of hydrogen-bond donors (Lipinski definition) is 1. The van der Waals surface area contributed by atoms with Crippen molar-refractivity contribution in [3.05, 3.63) is 48.0 Å². The molecule has 1 heterocycles. The largest absolute Gasteiger partial charge is 0.493 e. The molecule has 3 rings (SSSR count). The topological polar surface area (TPSA) is 67.9 Å². The molecule has 0 saturated carbocycles. The molecule has 0 atom stereocenters. The van der Waals surface area contributed by atoms with Gasteiger partial charge < -0.3 is 19.7 Å². The smallest absolute Gasteiger partial charge is 0.422 e. The summed E-state index contributed by atoms with van der Waals surface area (Å²) < 4.78 is 46.9. The van der Waals surface area contributed by atoms with Gasteiger partial charge in [-0.05, 0) is 48.7 Å². The van der Waals surface area contributed by atoms with Gasteiger partial charge in [-0.25, -0.2) is 0 Å². The van der Waals surface area contributed by atoms with Gasteiger partial charge in [-0.1, -0.05) is 12.1 Å². The van der Waals surface area contributed by atoms with E-state index in [2.05, 4.69) is 5.32 Å². The van der Waals surface area contributed by atoms with E-state index in [0.717, 1.165) is 17.7 Å². The van der Waals surface area contributed by atoms with Crippen LogP contribution in [0.2, 0.25) is 0 Å². The molecule has 9 heteroatoms. The lowest BCUT2D eigenvalue weighted by Gasteiger charge is -2.17. The van der Waals surface area contributed by atoms with Crippen LogP contribution in [0.25, 0.3) is 0 Å². The summed E-state index contributed by atoms with van der Waals surface area (Å²) in [5.41, 5.74) is 2.07. The van der Waals surface area contributed by atoms with Crippen LogP contribution in [0.15, 0.2) is 42.5 Å². The van der Waals surface area contributed by atoms with Crippen LogP contribution in [0, 0.1) is 0 Å². The van der Waals surface area contributed by atoms with Crippen molar-refractivity contribution in [2.75, 3.05) is 30.5 Å². The third-order valence-corrected chi connectivity index (χ3v) is 4.78. The Hall–Kier alpha value is -3.23. The number of benzene rings is 2. The van der Waals surface area contributed by atoms with Crippen molar-refractivity contribution >= 4 is 23.2 Å². The predicted octanol–water partition coefficient (Wildman–Crippen LogP) is 4.33. The zero-order valence-corrected chi connectivity index (χ0v) is 17.0. The molecule has 1 aliphatic heterocycles. The van der Waals surface area contributed by atoms with E-state index in [1.165, 1.54) is 13.2 Å². The average Bonchev–Trinajstić information content (AvgIpc) is 3.16. The van der Waals surface area contributed by atoms with Gasteiger partial charge in [0.05, 0.1) is 7.11 Å². The molecule has 31 heavy (non-hydrogen) atoms. The van der Waals surface area contributed by atoms with Crippen molar-refractivity contribution in [3.63, 3.8) is 0 Å². The normalized spacial score (nSPS) is 13.9. The molecule has 0 bridgehead atoms. The molecule has 2 amide bonds. The zero-order valence-electron chi connectivity index (χ0n) is 17.0. The second-order valence-electron chi connectivity index (χ2n) is 7.14. The Kier molecular flexibility index (Phi) is 7.04. The number of anilines is 2. The van der Waals surface area contributed by atoms with E-state index in [1.54, 1.807) is 35.2 Å². The summed E-state index contributed by atoms with van der Waals surface area (Å²) in [5.74, 6) is 0.00721. The molecular formula is C22H23F3N2O4. The zero-order chi connectivity index (χ0) is 22.4. The van der Waals surface area contributed by atoms with E-state index in [1.807, 2.05) is 6.07 Å². The summed E-state index contributed by atoms with van der Waals surface area (Å²) in [6, 6.07) is 11.7. The molecule has 0 spiro atoms. The Morgan fingerprint density at radius 1 is 1.16 bits per heavy atom. The molecule has 0 unspecified atom stereocenters. The van der Waals surface area contributed by atoms with Crippen LogP contribution in [-0.4, -0.2) is 38.3 Å². The molecule has 2 aromatic rings. The first kappa shape index (κ1) is 22.5. The predicted molar refractivity (Wildman–Crippen MR) is 110 cm³/mol. The van der Waals surface area contributed by atoms with Crippen LogP contribution in [0.1, 0.15) is 24.8 Å². The van der Waals surface area contributed by atoms with Crippen molar-refractivity contribution in [1.29, 1.82) is 0 Å². The fourth-order valence-corrected chi connectivity index (χ4v) is 3.30. The lowest BCUT2D eigenvalue weighted by molar-refractivity contribution is -0.153. The molecule has 2 aromatic carbocycles. The first-order chi connectivity index (χ1) is 14.7. The van der Waals surface area contributed by atoms with Gasteiger partial charge in [0.15, 0.2) is 18.1 Å². The van der Waals surface area contributed by atoms with E-state index in [0.29, 0.717) is 25.1 Å². The van der Waals surface area contributed by atoms with Crippen LogP contribution >= 0.6 is 0 Å². The number of alkyl halides is 3. The van der Waals surface area contributed by atoms with Crippen LogP contribution in [0.5, 0.6) is 11.5 Å². The summed E-state index contributed by atoms with van der Waals surface area (Å²) in [6.45, 7) is -0.742. The lowest BCUT2D eigenvalue weighted by Crippen LogP contribution is -2.23. The fourth-order valence-electron chi connectivity index (χ4n) is 3.30. The number of carbonyl (C=O) groups is 2. The van der Waals surface area contributed by atoms with E-state index >= 15 is 0 Å². The molecule has 1 fully saturated rings. The van der Waals surface area contributed by atoms with Gasteiger partial charge in [-0.15, -0.1) is 0 Å². The molecule has 6 nitrogen and oxygen atoms in total. The Morgan fingerprint density at radius 3 is 2.65 bits per heavy atom. The number of amides is 2. The first-order valence-corrected chi connectivity index (χ1v) is 9.82. The summed E-state index contributed by atoms with van der Waals surface area (Å²) in [5, 5.41) is 2.81. The van der Waals surface area contributed by atoms with E-state index in [4.69, 9.17) is 9.47 Å². The molecule has 0 radical (unpaired) electrons. The Balaban J connectivity index is 1.56. The molecule has 0 aliphatic carbocycles. The Morgan fingerprint density at radius 2 is 1.97 bits per heavy atom. The molecule has 1 aliphatic rings. The van der Waals surface area contributed by atoms with Crippen molar-refractivity contribution in [1.82, 2.24) is 0 Å². The van der Waals surface area contributed by atoms with Crippen molar-refractivity contribution in [2.45, 2.75) is 31.9 Å². The number of rotatable bonds is 8. The van der Waals surface area contributed by atoms with Crippen LogP contribution < -0.4 is 19.7 Å². The number of aryl methyl sites for hydroxylation is 1. The highest BCUT2D eigenvalue weighted by Crippen LogP contribution is 2.30. The maximum absolute atomic E-state index is 12.3. The van der Waals surface area contributed by atoms with Crippen molar-refractivity contribution in [2.24, 2.45) is 0 Å². The number of halogens is 3. The standard InChI is InChI=1S/C22H23F3N2O4/c1-30-19-12-15(7-9-18(19)31-14-22(23,24)25)8-10-20(28)26-16-4-2-5-17(13-16)27-11-3-6-21(27)29/h2,4-5,7,9,12-13H,3,6,8,10-11,14H2,1H3,(H,26,28). The molecule has 0 aromatic heterocycles. The van der Waals surface area contributed by atoms with Gasteiger partial charge in [0.25, 0.3) is 0 Å². The number of nitrogens with one attached hydrogen (secondary N) is 1. The minimum absolute atomic E-state index is 0.0127. The highest BCUT2D eigenvalue weighted by molar-refractivity contribution is 5.97. The highest BCUT2D eigenvalue weighted by atomic mass is 19.4. The van der Waals surface area contributed by atoms with E-state index < -0.39 is 12.8 Å². The van der Waals surface area contributed by atoms with Gasteiger partial charge in [0.2, 0.25) is 11.8 Å². The van der Waals surface area contributed by atoms with E-state index in [9.17, 15) is 22.8 Å². The number of ether oxygens (including phenoxy) is 2. The summed E-state index contributed by atoms with van der Waals surface area (Å²) in [4.78, 5) is 25.9. The van der Waals surface area contributed by atoms with Gasteiger partial charge in [-0.3, -0.25) is 9.59 Å². The second kappa shape index (κ2) is 9.72. The van der Waals surface area contributed by atoms with Gasteiger partial charge in [0.1, 0.15) is 0 Å². The average molecular weight is 436 g/mol. The fraction of sp³-hybridized carbons (Fsp3) is 0.364. The van der Waals surface area contributed by atoms with Crippen molar-refractivity contribution in [3.8, 4) is 11.5 Å².